The van der Waals surface area contributed by atoms with Crippen LogP contribution in [0.3, 0.4) is 0 Å². The highest BCUT2D eigenvalue weighted by molar-refractivity contribution is 5.80. The molecule has 0 N–H and O–H groups in total. The first-order chi connectivity index (χ1) is 7.03. The van der Waals surface area contributed by atoms with E-state index in [1.807, 2.05) is 0 Å². The lowest BCUT2D eigenvalue weighted by Gasteiger charge is -2.44. The van der Waals surface area contributed by atoms with Crippen molar-refractivity contribution in [1.82, 2.24) is 0 Å². The molecule has 2 aliphatic carbocycles. The average Bonchev–Trinajstić information content (AvgIpc) is 2.17. The predicted molar refractivity (Wildman–Crippen MR) is 62.6 cm³/mol. The lowest BCUT2D eigenvalue weighted by molar-refractivity contribution is -0.120. The highest BCUT2D eigenvalue weighted by Gasteiger charge is 2.39. The van der Waals surface area contributed by atoms with Gasteiger partial charge in [0.25, 0.3) is 0 Å². The molecule has 0 aliphatic heterocycles. The summed E-state index contributed by atoms with van der Waals surface area (Å²) >= 11 is 0. The zero-order valence-electron chi connectivity index (χ0n) is 10.2. The fourth-order valence-electron chi connectivity index (χ4n) is 3.42. The number of fused-ring (bicyclic) bond motifs is 1. The van der Waals surface area contributed by atoms with E-state index in [0.717, 1.165) is 6.42 Å². The number of hydrogen-bond donors (Lipinski definition) is 0. The van der Waals surface area contributed by atoms with Gasteiger partial charge in [-0.2, -0.15) is 0 Å². The molecule has 1 saturated carbocycles. The summed E-state index contributed by atoms with van der Waals surface area (Å²) in [5, 5.41) is 0. The second kappa shape index (κ2) is 3.77. The van der Waals surface area contributed by atoms with Gasteiger partial charge in [0.05, 0.1) is 0 Å². The lowest BCUT2D eigenvalue weighted by Crippen LogP contribution is -2.33. The van der Waals surface area contributed by atoms with Crippen molar-refractivity contribution in [2.24, 2.45) is 17.3 Å². The summed E-state index contributed by atoms with van der Waals surface area (Å²) in [7, 11) is 0. The van der Waals surface area contributed by atoms with Crippen LogP contribution in [0, 0.1) is 17.3 Å². The van der Waals surface area contributed by atoms with Gasteiger partial charge in [0.2, 0.25) is 0 Å². The second-order valence-corrected chi connectivity index (χ2v) is 5.73. The van der Waals surface area contributed by atoms with E-state index < -0.39 is 0 Å². The Kier molecular flexibility index (Phi) is 2.74. The Balaban J connectivity index is 2.29. The van der Waals surface area contributed by atoms with E-state index in [0.29, 0.717) is 17.1 Å². The second-order valence-electron chi connectivity index (χ2n) is 5.73. The van der Waals surface area contributed by atoms with E-state index in [2.05, 4.69) is 19.9 Å². The number of carbonyl (C=O) groups excluding carboxylic acids is 1. The van der Waals surface area contributed by atoms with Gasteiger partial charge in [0.1, 0.15) is 5.78 Å². The molecule has 0 bridgehead atoms. The van der Waals surface area contributed by atoms with Crippen LogP contribution in [0.15, 0.2) is 11.6 Å². The van der Waals surface area contributed by atoms with Crippen LogP contribution in [0.4, 0.5) is 0 Å². The molecule has 0 radical (unpaired) electrons. The largest absolute Gasteiger partial charge is 0.299 e. The van der Waals surface area contributed by atoms with Crippen LogP contribution >= 0.6 is 0 Å². The summed E-state index contributed by atoms with van der Waals surface area (Å²) in [6, 6.07) is 0. The van der Waals surface area contributed by atoms with Gasteiger partial charge < -0.3 is 0 Å². The van der Waals surface area contributed by atoms with Gasteiger partial charge in [-0.25, -0.2) is 0 Å². The van der Waals surface area contributed by atoms with Crippen LogP contribution in [0.1, 0.15) is 52.9 Å². The van der Waals surface area contributed by atoms with Gasteiger partial charge >= 0.3 is 0 Å². The summed E-state index contributed by atoms with van der Waals surface area (Å²) in [4.78, 5) is 11.4. The molecule has 2 aliphatic rings. The van der Waals surface area contributed by atoms with Crippen molar-refractivity contribution in [2.75, 3.05) is 0 Å². The minimum Gasteiger partial charge on any atom is -0.299 e. The van der Waals surface area contributed by atoms with Crippen molar-refractivity contribution in [3.8, 4) is 0 Å². The maximum absolute atomic E-state index is 11.4. The summed E-state index contributed by atoms with van der Waals surface area (Å²) in [5.74, 6) is 1.27. The maximum atomic E-state index is 11.4. The number of carbonyl (C=O) groups is 1. The van der Waals surface area contributed by atoms with Crippen molar-refractivity contribution in [3.63, 3.8) is 0 Å². The Morgan fingerprint density at radius 2 is 2.13 bits per heavy atom. The topological polar surface area (TPSA) is 17.1 Å². The zero-order valence-corrected chi connectivity index (χ0v) is 10.2. The van der Waals surface area contributed by atoms with Gasteiger partial charge in [-0.05, 0) is 43.9 Å². The highest BCUT2D eigenvalue weighted by Crippen LogP contribution is 2.50. The summed E-state index contributed by atoms with van der Waals surface area (Å²) < 4.78 is 0. The van der Waals surface area contributed by atoms with Crippen LogP contribution in [-0.2, 0) is 4.79 Å². The Morgan fingerprint density at radius 3 is 2.80 bits per heavy atom. The Hall–Kier alpha value is -0.590. The predicted octanol–water partition coefficient (Wildman–Crippen LogP) is 3.74. The van der Waals surface area contributed by atoms with E-state index in [-0.39, 0.29) is 5.92 Å². The molecule has 0 aromatic rings. The molecule has 1 unspecified atom stereocenters. The first kappa shape index (κ1) is 10.9. The molecule has 0 aromatic carbocycles. The Labute approximate surface area is 92.9 Å². The van der Waals surface area contributed by atoms with Crippen LogP contribution < -0.4 is 0 Å². The fraction of sp³-hybridized carbons (Fsp3) is 0.786. The van der Waals surface area contributed by atoms with E-state index in [9.17, 15) is 4.79 Å². The number of Topliss-reactive ketones (excluding diaryl/α,β-unsaturated/α-hetero) is 1. The Morgan fingerprint density at radius 1 is 1.40 bits per heavy atom. The molecule has 84 valence electrons. The molecule has 2 rings (SSSR count). The summed E-state index contributed by atoms with van der Waals surface area (Å²) in [5.41, 5.74) is 2.00. The molecule has 0 spiro atoms. The van der Waals surface area contributed by atoms with E-state index in [1.54, 1.807) is 12.5 Å². The molecule has 0 amide bonds. The molecule has 1 fully saturated rings. The van der Waals surface area contributed by atoms with Crippen molar-refractivity contribution >= 4 is 5.78 Å². The van der Waals surface area contributed by atoms with Gasteiger partial charge in [-0.15, -0.1) is 0 Å². The number of ketones is 1. The van der Waals surface area contributed by atoms with Crippen LogP contribution in [0.25, 0.3) is 0 Å². The standard InChI is InChI=1S/C14H22O/c1-10-5-4-7-14(3)8-6-12(11(2)15)9-13(10)14/h9-10,12H,4-8H2,1-3H3/t10-,12?,14+/m0/s1. The third kappa shape index (κ3) is 1.89. The number of rotatable bonds is 1. The fourth-order valence-corrected chi connectivity index (χ4v) is 3.42. The smallest absolute Gasteiger partial charge is 0.136 e. The van der Waals surface area contributed by atoms with Crippen molar-refractivity contribution in [1.29, 1.82) is 0 Å². The first-order valence-corrected chi connectivity index (χ1v) is 6.25. The molecule has 0 saturated heterocycles. The first-order valence-electron chi connectivity index (χ1n) is 6.25. The van der Waals surface area contributed by atoms with Gasteiger partial charge in [0.15, 0.2) is 0 Å². The van der Waals surface area contributed by atoms with E-state index in [1.165, 1.54) is 25.7 Å². The van der Waals surface area contributed by atoms with Crippen molar-refractivity contribution < 1.29 is 4.79 Å². The molecular formula is C14H22O. The third-order valence-corrected chi connectivity index (χ3v) is 4.50. The Bertz CT molecular complexity index is 302. The van der Waals surface area contributed by atoms with Gasteiger partial charge in [-0.1, -0.05) is 31.9 Å². The molecule has 15 heavy (non-hydrogen) atoms. The number of hydrogen-bond acceptors (Lipinski definition) is 1. The van der Waals surface area contributed by atoms with Gasteiger partial charge in [0, 0.05) is 5.92 Å². The highest BCUT2D eigenvalue weighted by atomic mass is 16.1. The summed E-state index contributed by atoms with van der Waals surface area (Å²) in [6.07, 6.45) is 8.59. The maximum Gasteiger partial charge on any atom is 0.136 e. The summed E-state index contributed by atoms with van der Waals surface area (Å²) in [6.45, 7) is 6.45. The molecule has 0 heterocycles. The molecule has 0 aromatic heterocycles. The van der Waals surface area contributed by atoms with Crippen LogP contribution in [-0.4, -0.2) is 5.78 Å². The van der Waals surface area contributed by atoms with Crippen LogP contribution in [0.2, 0.25) is 0 Å². The van der Waals surface area contributed by atoms with Crippen molar-refractivity contribution in [3.05, 3.63) is 11.6 Å². The van der Waals surface area contributed by atoms with Crippen LogP contribution in [0.5, 0.6) is 0 Å². The number of allylic oxidation sites excluding steroid dienone is 2. The zero-order chi connectivity index (χ0) is 11.1. The quantitative estimate of drug-likeness (QED) is 0.597. The SMILES string of the molecule is CC(=O)C1C=C2[C@@H](C)CCC[C@]2(C)CC1. The monoisotopic (exact) mass is 206 g/mol. The van der Waals surface area contributed by atoms with E-state index in [4.69, 9.17) is 0 Å². The normalized spacial score (nSPS) is 40.6. The molecule has 1 heteroatoms. The molecule has 1 nitrogen and oxygen atoms in total. The van der Waals surface area contributed by atoms with Gasteiger partial charge in [-0.3, -0.25) is 4.79 Å². The van der Waals surface area contributed by atoms with E-state index >= 15 is 0 Å². The van der Waals surface area contributed by atoms with Crippen molar-refractivity contribution in [2.45, 2.75) is 52.9 Å². The lowest BCUT2D eigenvalue weighted by atomic mass is 9.61. The molecular weight excluding hydrogens is 184 g/mol. The minimum atomic E-state index is 0.216. The minimum absolute atomic E-state index is 0.216. The third-order valence-electron chi connectivity index (χ3n) is 4.50. The molecule has 3 atom stereocenters. The average molecular weight is 206 g/mol.